The fourth-order valence-corrected chi connectivity index (χ4v) is 5.53. The van der Waals surface area contributed by atoms with Crippen molar-refractivity contribution in [1.29, 1.82) is 0 Å². The van der Waals surface area contributed by atoms with Gasteiger partial charge in [-0.2, -0.15) is 0 Å². The number of rotatable bonds is 7. The zero-order chi connectivity index (χ0) is 24.5. The van der Waals surface area contributed by atoms with Crippen molar-refractivity contribution in [2.75, 3.05) is 0 Å². The van der Waals surface area contributed by atoms with E-state index in [0.29, 0.717) is 6.61 Å². The maximum absolute atomic E-state index is 6.33. The molecule has 1 aromatic heterocycles. The predicted octanol–water partition coefficient (Wildman–Crippen LogP) is 8.00. The summed E-state index contributed by atoms with van der Waals surface area (Å²) in [5.41, 5.74) is 12.7. The van der Waals surface area contributed by atoms with Crippen molar-refractivity contribution in [1.82, 2.24) is 9.97 Å². The van der Waals surface area contributed by atoms with E-state index in [-0.39, 0.29) is 0 Å². The minimum absolute atomic E-state index is 0.588. The van der Waals surface area contributed by atoms with E-state index in [2.05, 4.69) is 78.5 Å². The number of fused-ring (bicyclic) bond motifs is 5. The lowest BCUT2D eigenvalue weighted by Gasteiger charge is -2.26. The quantitative estimate of drug-likeness (QED) is 0.352. The third kappa shape index (κ3) is 4.26. The average molecular weight is 476 g/mol. The van der Waals surface area contributed by atoms with E-state index >= 15 is 0 Å². The average Bonchev–Trinajstić information content (AvgIpc) is 3.55. The summed E-state index contributed by atoms with van der Waals surface area (Å²) in [7, 11) is 0. The fourth-order valence-electron chi connectivity index (χ4n) is 5.53. The number of aryl methyl sites for hydroxylation is 1. The molecule has 1 N–H and O–H groups in total. The Labute approximate surface area is 213 Å². The number of allylic oxidation sites excluding steroid dienone is 6. The third-order valence-electron chi connectivity index (χ3n) is 7.37. The highest BCUT2D eigenvalue weighted by atomic mass is 16.5. The van der Waals surface area contributed by atoms with Crippen LogP contribution >= 0.6 is 0 Å². The number of H-pyrrole nitrogens is 1. The Kier molecular flexibility index (Phi) is 6.18. The fraction of sp³-hybridized carbons (Fsp3) is 0.312. The van der Waals surface area contributed by atoms with E-state index in [1.54, 1.807) is 0 Å². The van der Waals surface area contributed by atoms with Crippen molar-refractivity contribution in [2.24, 2.45) is 4.99 Å². The standard InChI is InChI=1S/C32H33N3O/c1-3-5-7-9-24-17-27-26-18-31-28(16-21(26)12-14-29(27)34-24)25-13-11-22(15-23(25)20-36-31)30-19-33-32(35-30)10-8-6-4-2/h5-8,11,13,15-16,18-19H,3-4,9-10,12,14,17,20H2,1-2H3,(H,33,35). The minimum atomic E-state index is 0.588. The van der Waals surface area contributed by atoms with Crippen LogP contribution in [0.5, 0.6) is 5.75 Å². The van der Waals surface area contributed by atoms with E-state index in [1.807, 2.05) is 6.20 Å². The summed E-state index contributed by atoms with van der Waals surface area (Å²) in [6, 6.07) is 11.4. The first-order valence-electron chi connectivity index (χ1n) is 13.3. The molecule has 1 aliphatic carbocycles. The minimum Gasteiger partial charge on any atom is -0.488 e. The maximum Gasteiger partial charge on any atom is 0.128 e. The van der Waals surface area contributed by atoms with Crippen LogP contribution in [0.25, 0.3) is 28.0 Å². The number of imidazole rings is 1. The summed E-state index contributed by atoms with van der Waals surface area (Å²) in [6.45, 7) is 4.91. The zero-order valence-electron chi connectivity index (χ0n) is 21.2. The Morgan fingerprint density at radius 3 is 2.61 bits per heavy atom. The van der Waals surface area contributed by atoms with Gasteiger partial charge in [0.1, 0.15) is 18.2 Å². The van der Waals surface area contributed by atoms with Gasteiger partial charge in [-0.3, -0.25) is 4.99 Å². The van der Waals surface area contributed by atoms with Gasteiger partial charge in [-0.1, -0.05) is 50.3 Å². The van der Waals surface area contributed by atoms with E-state index < -0.39 is 0 Å². The Morgan fingerprint density at radius 1 is 0.889 bits per heavy atom. The molecule has 2 aliphatic heterocycles. The van der Waals surface area contributed by atoms with Gasteiger partial charge in [-0.05, 0) is 77.3 Å². The van der Waals surface area contributed by atoms with Gasteiger partial charge in [0.25, 0.3) is 0 Å². The van der Waals surface area contributed by atoms with Gasteiger partial charge in [0.2, 0.25) is 0 Å². The topological polar surface area (TPSA) is 50.3 Å². The summed E-state index contributed by atoms with van der Waals surface area (Å²) < 4.78 is 6.33. The maximum atomic E-state index is 6.33. The van der Waals surface area contributed by atoms with Gasteiger partial charge in [-0.25, -0.2) is 4.98 Å². The number of aromatic amines is 1. The Morgan fingerprint density at radius 2 is 1.75 bits per heavy atom. The highest BCUT2D eigenvalue weighted by Crippen LogP contribution is 2.46. The smallest absolute Gasteiger partial charge is 0.128 e. The van der Waals surface area contributed by atoms with E-state index in [1.165, 1.54) is 44.8 Å². The number of ether oxygens (including phenoxy) is 1. The first kappa shape index (κ1) is 22.8. The van der Waals surface area contributed by atoms with Crippen molar-refractivity contribution in [3.8, 4) is 28.1 Å². The predicted molar refractivity (Wildman–Crippen MR) is 148 cm³/mol. The van der Waals surface area contributed by atoms with Gasteiger partial charge < -0.3 is 9.72 Å². The lowest BCUT2D eigenvalue weighted by molar-refractivity contribution is 0.302. The second kappa shape index (κ2) is 9.77. The summed E-state index contributed by atoms with van der Waals surface area (Å²) in [5, 5.41) is 0. The molecule has 182 valence electrons. The highest BCUT2D eigenvalue weighted by molar-refractivity contribution is 6.01. The normalized spacial score (nSPS) is 16.1. The molecule has 0 saturated carbocycles. The van der Waals surface area contributed by atoms with Crippen LogP contribution in [0.4, 0.5) is 0 Å². The Bertz CT molecular complexity index is 1430. The molecule has 0 bridgehead atoms. The lowest BCUT2D eigenvalue weighted by atomic mass is 9.84. The number of aromatic nitrogens is 2. The van der Waals surface area contributed by atoms with Crippen molar-refractivity contribution in [2.45, 2.75) is 65.4 Å². The Balaban J connectivity index is 1.26. The van der Waals surface area contributed by atoms with Crippen LogP contribution in [0.15, 0.2) is 71.5 Å². The molecule has 0 fully saturated rings. The van der Waals surface area contributed by atoms with Crippen molar-refractivity contribution < 1.29 is 4.74 Å². The monoisotopic (exact) mass is 475 g/mol. The molecule has 0 atom stereocenters. The second-order valence-electron chi connectivity index (χ2n) is 9.86. The van der Waals surface area contributed by atoms with Crippen LogP contribution in [0.2, 0.25) is 0 Å². The van der Waals surface area contributed by atoms with E-state index in [4.69, 9.17) is 9.73 Å². The molecule has 0 radical (unpaired) electrons. The lowest BCUT2D eigenvalue weighted by Crippen LogP contribution is -2.09. The molecule has 6 rings (SSSR count). The molecular formula is C32H33N3O. The van der Waals surface area contributed by atoms with Crippen LogP contribution < -0.4 is 4.74 Å². The molecule has 0 unspecified atom stereocenters. The summed E-state index contributed by atoms with van der Waals surface area (Å²) >= 11 is 0. The largest absolute Gasteiger partial charge is 0.488 e. The van der Waals surface area contributed by atoms with Crippen LogP contribution in [-0.2, 0) is 19.4 Å². The summed E-state index contributed by atoms with van der Waals surface area (Å²) in [4.78, 5) is 13.0. The number of hydrogen-bond donors (Lipinski definition) is 1. The van der Waals surface area contributed by atoms with Gasteiger partial charge in [0, 0.05) is 36.2 Å². The van der Waals surface area contributed by atoms with Crippen LogP contribution in [0.1, 0.15) is 68.5 Å². The number of nitrogens with one attached hydrogen (secondary N) is 1. The second-order valence-corrected chi connectivity index (χ2v) is 9.86. The number of nitrogens with zero attached hydrogens (tertiary/aromatic N) is 2. The molecule has 4 heteroatoms. The van der Waals surface area contributed by atoms with E-state index in [9.17, 15) is 0 Å². The molecule has 36 heavy (non-hydrogen) atoms. The molecule has 3 heterocycles. The van der Waals surface area contributed by atoms with Crippen molar-refractivity contribution >= 4 is 11.3 Å². The Hall–Kier alpha value is -3.66. The highest BCUT2D eigenvalue weighted by Gasteiger charge is 2.28. The first-order chi connectivity index (χ1) is 17.7. The van der Waals surface area contributed by atoms with E-state index in [0.717, 1.165) is 67.8 Å². The molecule has 3 aromatic rings. The molecule has 3 aliphatic rings. The van der Waals surface area contributed by atoms with Crippen LogP contribution in [0, 0.1) is 0 Å². The molecular weight excluding hydrogens is 442 g/mol. The first-order valence-corrected chi connectivity index (χ1v) is 13.3. The van der Waals surface area contributed by atoms with Gasteiger partial charge in [0.15, 0.2) is 0 Å². The van der Waals surface area contributed by atoms with Gasteiger partial charge >= 0.3 is 0 Å². The van der Waals surface area contributed by atoms with Crippen molar-refractivity contribution in [3.05, 3.63) is 89.0 Å². The molecule has 4 nitrogen and oxygen atoms in total. The third-order valence-corrected chi connectivity index (χ3v) is 7.37. The molecule has 2 aromatic carbocycles. The molecule has 0 saturated heterocycles. The SMILES string of the molecule is CCC=CCC1=NC2=C(C1)c1cc3c(cc1CC2)-c1ccc(-c2cnc(CC=CCC)[nH]2)cc1CO3. The van der Waals surface area contributed by atoms with Gasteiger partial charge in [-0.15, -0.1) is 0 Å². The summed E-state index contributed by atoms with van der Waals surface area (Å²) in [5.74, 6) is 1.99. The van der Waals surface area contributed by atoms with Crippen LogP contribution in [0.3, 0.4) is 0 Å². The van der Waals surface area contributed by atoms with Crippen molar-refractivity contribution in [3.63, 3.8) is 0 Å². The molecule has 0 spiro atoms. The summed E-state index contributed by atoms with van der Waals surface area (Å²) in [6.07, 6.45) is 17.7. The number of hydrogen-bond acceptors (Lipinski definition) is 3. The number of benzene rings is 2. The van der Waals surface area contributed by atoms with Crippen LogP contribution in [-0.4, -0.2) is 15.7 Å². The number of aliphatic imine (C=N–C) groups is 1. The van der Waals surface area contributed by atoms with Gasteiger partial charge in [0.05, 0.1) is 11.9 Å². The zero-order valence-corrected chi connectivity index (χ0v) is 21.2. The molecule has 0 amide bonds.